The number of ether oxygens (including phenoxy) is 1. The Morgan fingerprint density at radius 3 is 2.85 bits per heavy atom. The summed E-state index contributed by atoms with van der Waals surface area (Å²) < 4.78 is 10.5. The van der Waals surface area contributed by atoms with E-state index in [0.717, 1.165) is 4.90 Å². The second-order valence-corrected chi connectivity index (χ2v) is 6.26. The van der Waals surface area contributed by atoms with E-state index in [1.807, 2.05) is 0 Å². The Bertz CT molecular complexity index is 933. The minimum Gasteiger partial charge on any atom is -0.507 e. The van der Waals surface area contributed by atoms with E-state index in [-0.39, 0.29) is 29.5 Å². The SMILES string of the molecule is COC(=O)c1ccc(CN2C(=O)NC(=Cc3cc(Br)ccc3O)C2=O)o1. The second kappa shape index (κ2) is 7.04. The normalized spacial score (nSPS) is 15.5. The fourth-order valence-corrected chi connectivity index (χ4v) is 2.72. The van der Waals surface area contributed by atoms with Gasteiger partial charge < -0.3 is 19.6 Å². The van der Waals surface area contributed by atoms with Gasteiger partial charge in [0.25, 0.3) is 5.91 Å². The van der Waals surface area contributed by atoms with Crippen LogP contribution in [-0.4, -0.2) is 35.0 Å². The van der Waals surface area contributed by atoms with Gasteiger partial charge in [-0.15, -0.1) is 0 Å². The lowest BCUT2D eigenvalue weighted by Crippen LogP contribution is -2.30. The van der Waals surface area contributed by atoms with Crippen LogP contribution in [-0.2, 0) is 16.1 Å². The molecule has 0 unspecified atom stereocenters. The van der Waals surface area contributed by atoms with Crippen molar-refractivity contribution in [2.75, 3.05) is 7.11 Å². The first-order chi connectivity index (χ1) is 12.4. The molecule has 26 heavy (non-hydrogen) atoms. The zero-order valence-electron chi connectivity index (χ0n) is 13.5. The molecule has 0 saturated carbocycles. The van der Waals surface area contributed by atoms with Crippen LogP contribution in [0.2, 0.25) is 0 Å². The standard InChI is InChI=1S/C17H13BrN2O6/c1-25-16(23)14-5-3-11(26-14)8-20-15(22)12(19-17(20)24)7-9-6-10(18)2-4-13(9)21/h2-7,21H,8H2,1H3,(H,19,24). The van der Waals surface area contributed by atoms with Crippen molar-refractivity contribution >= 4 is 39.9 Å². The van der Waals surface area contributed by atoms with Crippen LogP contribution in [0.5, 0.6) is 5.75 Å². The van der Waals surface area contributed by atoms with E-state index in [2.05, 4.69) is 26.0 Å². The van der Waals surface area contributed by atoms with E-state index in [1.165, 1.54) is 31.4 Å². The Balaban J connectivity index is 1.81. The third-order valence-electron chi connectivity index (χ3n) is 3.61. The molecule has 2 N–H and O–H groups in total. The number of imide groups is 1. The first-order valence-electron chi connectivity index (χ1n) is 7.39. The van der Waals surface area contributed by atoms with Gasteiger partial charge in [-0.3, -0.25) is 9.69 Å². The summed E-state index contributed by atoms with van der Waals surface area (Å²) in [6, 6.07) is 6.97. The van der Waals surface area contributed by atoms with E-state index in [0.29, 0.717) is 10.0 Å². The van der Waals surface area contributed by atoms with Gasteiger partial charge in [0.1, 0.15) is 17.2 Å². The number of nitrogens with zero attached hydrogens (tertiary/aromatic N) is 1. The molecule has 2 heterocycles. The van der Waals surface area contributed by atoms with E-state index in [9.17, 15) is 19.5 Å². The molecule has 1 aliphatic rings. The number of benzene rings is 1. The highest BCUT2D eigenvalue weighted by molar-refractivity contribution is 9.10. The lowest BCUT2D eigenvalue weighted by atomic mass is 10.1. The van der Waals surface area contributed by atoms with Crippen LogP contribution in [0.1, 0.15) is 21.9 Å². The molecule has 0 spiro atoms. The fraction of sp³-hybridized carbons (Fsp3) is 0.118. The summed E-state index contributed by atoms with van der Waals surface area (Å²) >= 11 is 3.28. The maximum atomic E-state index is 12.5. The van der Waals surface area contributed by atoms with Crippen LogP contribution in [0, 0.1) is 0 Å². The maximum absolute atomic E-state index is 12.5. The molecule has 0 atom stereocenters. The van der Waals surface area contributed by atoms with E-state index < -0.39 is 17.9 Å². The number of halogens is 1. The summed E-state index contributed by atoms with van der Waals surface area (Å²) in [6.45, 7) is -0.149. The van der Waals surface area contributed by atoms with Crippen molar-refractivity contribution in [1.82, 2.24) is 10.2 Å². The fourth-order valence-electron chi connectivity index (χ4n) is 2.34. The summed E-state index contributed by atoms with van der Waals surface area (Å²) in [6.07, 6.45) is 1.38. The van der Waals surface area contributed by atoms with Gasteiger partial charge in [-0.2, -0.15) is 0 Å². The first-order valence-corrected chi connectivity index (χ1v) is 8.18. The summed E-state index contributed by atoms with van der Waals surface area (Å²) in [5.74, 6) is -1.04. The molecule has 1 aliphatic heterocycles. The van der Waals surface area contributed by atoms with Gasteiger partial charge in [-0.05, 0) is 36.4 Å². The van der Waals surface area contributed by atoms with Crippen molar-refractivity contribution in [3.05, 3.63) is 57.6 Å². The number of hydrogen-bond donors (Lipinski definition) is 2. The highest BCUT2D eigenvalue weighted by atomic mass is 79.9. The molecule has 1 fully saturated rings. The number of phenolic OH excluding ortho intramolecular Hbond substituents is 1. The van der Waals surface area contributed by atoms with Gasteiger partial charge in [-0.1, -0.05) is 15.9 Å². The van der Waals surface area contributed by atoms with Crippen LogP contribution in [0.3, 0.4) is 0 Å². The van der Waals surface area contributed by atoms with Crippen molar-refractivity contribution in [3.63, 3.8) is 0 Å². The van der Waals surface area contributed by atoms with Crippen molar-refractivity contribution in [2.24, 2.45) is 0 Å². The Kier molecular flexibility index (Phi) is 4.81. The van der Waals surface area contributed by atoms with Gasteiger partial charge in [0.2, 0.25) is 5.76 Å². The molecule has 0 radical (unpaired) electrons. The monoisotopic (exact) mass is 420 g/mol. The quantitative estimate of drug-likeness (QED) is 0.446. The number of urea groups is 1. The van der Waals surface area contributed by atoms with Gasteiger partial charge in [0, 0.05) is 10.0 Å². The number of carbonyl (C=O) groups excluding carboxylic acids is 3. The molecule has 0 aliphatic carbocycles. The number of esters is 1. The number of furan rings is 1. The molecule has 1 aromatic heterocycles. The van der Waals surface area contributed by atoms with Crippen molar-refractivity contribution < 1.29 is 28.6 Å². The summed E-state index contributed by atoms with van der Waals surface area (Å²) in [4.78, 5) is 36.9. The van der Waals surface area contributed by atoms with Crippen molar-refractivity contribution in [2.45, 2.75) is 6.54 Å². The number of rotatable bonds is 4. The smallest absolute Gasteiger partial charge is 0.373 e. The summed E-state index contributed by atoms with van der Waals surface area (Å²) in [5.41, 5.74) is 0.388. The topological polar surface area (TPSA) is 109 Å². The molecule has 8 nitrogen and oxygen atoms in total. The lowest BCUT2D eigenvalue weighted by molar-refractivity contribution is -0.123. The van der Waals surface area contributed by atoms with Crippen LogP contribution >= 0.6 is 15.9 Å². The minimum atomic E-state index is -0.654. The molecule has 134 valence electrons. The van der Waals surface area contributed by atoms with Crippen molar-refractivity contribution in [1.29, 1.82) is 0 Å². The van der Waals surface area contributed by atoms with Gasteiger partial charge >= 0.3 is 12.0 Å². The zero-order valence-corrected chi connectivity index (χ0v) is 15.1. The Hall–Kier alpha value is -3.07. The molecule has 3 rings (SSSR count). The molecular weight excluding hydrogens is 408 g/mol. The Morgan fingerprint density at radius 2 is 2.12 bits per heavy atom. The first kappa shape index (κ1) is 17.7. The van der Waals surface area contributed by atoms with Gasteiger partial charge in [-0.25, -0.2) is 9.59 Å². The molecule has 3 amide bonds. The number of carbonyl (C=O) groups is 3. The Labute approximate surface area is 156 Å². The molecule has 0 bridgehead atoms. The largest absolute Gasteiger partial charge is 0.507 e. The zero-order chi connectivity index (χ0) is 18.8. The predicted molar refractivity (Wildman–Crippen MR) is 92.9 cm³/mol. The third kappa shape index (κ3) is 3.47. The van der Waals surface area contributed by atoms with Crippen LogP contribution in [0.25, 0.3) is 6.08 Å². The summed E-state index contributed by atoms with van der Waals surface area (Å²) in [7, 11) is 1.22. The number of aromatic hydroxyl groups is 1. The van der Waals surface area contributed by atoms with Gasteiger partial charge in [0.15, 0.2) is 0 Å². The maximum Gasteiger partial charge on any atom is 0.373 e. The van der Waals surface area contributed by atoms with Crippen molar-refractivity contribution in [3.8, 4) is 5.75 Å². The second-order valence-electron chi connectivity index (χ2n) is 5.34. The van der Waals surface area contributed by atoms with Gasteiger partial charge in [0.05, 0.1) is 13.7 Å². The highest BCUT2D eigenvalue weighted by Gasteiger charge is 2.34. The lowest BCUT2D eigenvalue weighted by Gasteiger charge is -2.09. The van der Waals surface area contributed by atoms with E-state index in [4.69, 9.17) is 4.42 Å². The average molecular weight is 421 g/mol. The molecule has 1 saturated heterocycles. The predicted octanol–water partition coefficient (Wildman–Crippen LogP) is 2.63. The number of methoxy groups -OCH3 is 1. The van der Waals surface area contributed by atoms with Crippen LogP contribution < -0.4 is 5.32 Å². The third-order valence-corrected chi connectivity index (χ3v) is 4.11. The van der Waals surface area contributed by atoms with Crippen LogP contribution in [0.15, 0.2) is 44.9 Å². The number of nitrogens with one attached hydrogen (secondary N) is 1. The minimum absolute atomic E-state index is 0.0168. The van der Waals surface area contributed by atoms with E-state index in [1.54, 1.807) is 12.1 Å². The summed E-state index contributed by atoms with van der Waals surface area (Å²) in [5, 5.41) is 12.3. The average Bonchev–Trinajstić information content (AvgIpc) is 3.18. The molecule has 1 aromatic carbocycles. The molecule has 2 aromatic rings. The van der Waals surface area contributed by atoms with Crippen LogP contribution in [0.4, 0.5) is 4.79 Å². The number of hydrogen-bond acceptors (Lipinski definition) is 6. The van der Waals surface area contributed by atoms with E-state index >= 15 is 0 Å². The Morgan fingerprint density at radius 1 is 1.35 bits per heavy atom. The number of amides is 3. The molecule has 9 heteroatoms. The number of phenols is 1. The molecular formula is C17H13BrN2O6. The highest BCUT2D eigenvalue weighted by Crippen LogP contribution is 2.25.